The van der Waals surface area contributed by atoms with Crippen LogP contribution in [0, 0.1) is 28.9 Å². The lowest BCUT2D eigenvalue weighted by Gasteiger charge is -2.34. The minimum absolute atomic E-state index is 0.0127. The first-order valence-electron chi connectivity index (χ1n) is 18.6. The van der Waals surface area contributed by atoms with Crippen molar-refractivity contribution >= 4 is 45.2 Å². The van der Waals surface area contributed by atoms with Gasteiger partial charge in [-0.1, -0.05) is 63.2 Å². The number of hydrogen-bond acceptors (Lipinski definition) is 12. The molecule has 2 N–H and O–H groups in total. The number of oxime groups is 1. The second-order valence-corrected chi connectivity index (χ2v) is 17.6. The number of benzene rings is 2. The Morgan fingerprint density at radius 2 is 1.81 bits per heavy atom. The van der Waals surface area contributed by atoms with Crippen molar-refractivity contribution < 1.29 is 37.3 Å². The number of hydrogen-bond donors (Lipinski definition) is 2. The number of nitrogens with one attached hydrogen (secondary N) is 1. The third-order valence-electron chi connectivity index (χ3n) is 9.26. The molecule has 1 aliphatic heterocycles. The summed E-state index contributed by atoms with van der Waals surface area (Å²) in [4.78, 5) is 51.1. The van der Waals surface area contributed by atoms with Gasteiger partial charge in [-0.25, -0.2) is 18.2 Å². The molecule has 5 rings (SSSR count). The molecule has 1 saturated heterocycles. The summed E-state index contributed by atoms with van der Waals surface area (Å²) in [5.41, 5.74) is 2.19. The quantitative estimate of drug-likeness (QED) is 0.0678. The lowest BCUT2D eigenvalue weighted by Crippen LogP contribution is -2.57. The van der Waals surface area contributed by atoms with Crippen LogP contribution in [0.1, 0.15) is 55.3 Å². The number of aliphatic hydroxyl groups excluding tert-OH is 1. The molecule has 1 aliphatic rings. The summed E-state index contributed by atoms with van der Waals surface area (Å²) in [5, 5.41) is 32.0. The first-order valence-corrected chi connectivity index (χ1v) is 20.9. The second kappa shape index (κ2) is 19.3. The molecule has 57 heavy (non-hydrogen) atoms. The van der Waals surface area contributed by atoms with Crippen LogP contribution in [0.25, 0.3) is 0 Å². The molecule has 16 nitrogen and oxygen atoms in total. The minimum Gasteiger partial charge on any atom is -0.442 e. The van der Waals surface area contributed by atoms with Crippen LogP contribution in [-0.4, -0.2) is 100 Å². The van der Waals surface area contributed by atoms with Crippen LogP contribution < -0.4 is 5.32 Å². The number of sulfonamides is 1. The lowest BCUT2D eigenvalue weighted by atomic mass is 9.97. The van der Waals surface area contributed by atoms with E-state index < -0.39 is 39.0 Å². The maximum absolute atomic E-state index is 14.2. The summed E-state index contributed by atoms with van der Waals surface area (Å²) < 4.78 is 34.9. The number of nitro benzene ring substituents is 1. The van der Waals surface area contributed by atoms with E-state index in [-0.39, 0.29) is 60.5 Å². The zero-order valence-corrected chi connectivity index (χ0v) is 34.2. The van der Waals surface area contributed by atoms with E-state index in [1.54, 1.807) is 9.80 Å². The van der Waals surface area contributed by atoms with Gasteiger partial charge in [-0.3, -0.25) is 14.9 Å². The molecule has 2 aromatic heterocycles. The predicted octanol–water partition coefficient (Wildman–Crippen LogP) is 5.20. The molecule has 0 bridgehead atoms. The van der Waals surface area contributed by atoms with Crippen LogP contribution in [0.2, 0.25) is 0 Å². The smallest absolute Gasteiger partial charge is 0.321 e. The Kier molecular flexibility index (Phi) is 14.6. The Morgan fingerprint density at radius 1 is 1.09 bits per heavy atom. The monoisotopic (exact) mass is 823 g/mol. The van der Waals surface area contributed by atoms with E-state index in [1.807, 2.05) is 70.3 Å². The fraction of sp³-hybridized carbons (Fsp3) is 0.436. The number of carbonyl (C=O) groups is 2. The third kappa shape index (κ3) is 11.5. The number of amides is 3. The van der Waals surface area contributed by atoms with Crippen LogP contribution in [0.3, 0.4) is 0 Å². The van der Waals surface area contributed by atoms with E-state index in [9.17, 15) is 33.2 Å². The first-order chi connectivity index (χ1) is 27.1. The molecule has 3 heterocycles. The van der Waals surface area contributed by atoms with Gasteiger partial charge in [0.05, 0.1) is 34.3 Å². The van der Waals surface area contributed by atoms with Gasteiger partial charge in [0.25, 0.3) is 15.7 Å². The van der Waals surface area contributed by atoms with Crippen molar-refractivity contribution in [1.29, 1.82) is 0 Å². The summed E-state index contributed by atoms with van der Waals surface area (Å²) in [5.74, 6) is -0.769. The van der Waals surface area contributed by atoms with E-state index in [0.29, 0.717) is 25.2 Å². The number of rotatable bonds is 20. The van der Waals surface area contributed by atoms with E-state index in [4.69, 9.17) is 9.25 Å². The highest BCUT2D eigenvalue weighted by Crippen LogP contribution is 2.24. The van der Waals surface area contributed by atoms with Gasteiger partial charge in [-0.05, 0) is 60.6 Å². The van der Waals surface area contributed by atoms with Gasteiger partial charge in [0, 0.05) is 43.7 Å². The van der Waals surface area contributed by atoms with Gasteiger partial charge in [-0.15, -0.1) is 11.3 Å². The Labute approximate surface area is 336 Å². The van der Waals surface area contributed by atoms with Crippen LogP contribution in [-0.2, 0) is 39.2 Å². The Balaban J connectivity index is 1.30. The van der Waals surface area contributed by atoms with Crippen molar-refractivity contribution in [2.45, 2.75) is 77.5 Å². The highest BCUT2D eigenvalue weighted by molar-refractivity contribution is 7.89. The van der Waals surface area contributed by atoms with Crippen molar-refractivity contribution in [3.05, 3.63) is 110 Å². The molecule has 306 valence electrons. The zero-order valence-electron chi connectivity index (χ0n) is 32.6. The molecule has 18 heteroatoms. The summed E-state index contributed by atoms with van der Waals surface area (Å²) in [7, 11) is -4.30. The Bertz CT molecular complexity index is 2100. The maximum atomic E-state index is 14.2. The molecule has 0 radical (unpaired) electrons. The van der Waals surface area contributed by atoms with Gasteiger partial charge in [0.15, 0.2) is 0 Å². The lowest BCUT2D eigenvalue weighted by molar-refractivity contribution is -0.384. The van der Waals surface area contributed by atoms with Gasteiger partial charge >= 0.3 is 6.03 Å². The molecule has 0 unspecified atom stereocenters. The Hall–Kier alpha value is -5.17. The highest BCUT2D eigenvalue weighted by atomic mass is 32.2. The van der Waals surface area contributed by atoms with Crippen molar-refractivity contribution in [3.8, 4) is 0 Å². The van der Waals surface area contributed by atoms with Gasteiger partial charge < -0.3 is 29.5 Å². The summed E-state index contributed by atoms with van der Waals surface area (Å²) in [6.07, 6.45) is 0.0314. The largest absolute Gasteiger partial charge is 0.442 e. The molecule has 0 aliphatic carbocycles. The van der Waals surface area contributed by atoms with Crippen LogP contribution in [0.15, 0.2) is 86.8 Å². The second-order valence-electron chi connectivity index (χ2n) is 14.6. The molecule has 2 aromatic carbocycles. The molecular weight excluding hydrogens is 775 g/mol. The van der Waals surface area contributed by atoms with Crippen molar-refractivity contribution in [2.75, 3.05) is 26.2 Å². The predicted molar refractivity (Wildman–Crippen MR) is 214 cm³/mol. The van der Waals surface area contributed by atoms with E-state index >= 15 is 0 Å². The fourth-order valence-corrected chi connectivity index (χ4v) is 8.65. The number of aliphatic hydroxyl groups is 1. The van der Waals surface area contributed by atoms with Crippen molar-refractivity contribution in [2.24, 2.45) is 17.0 Å². The number of thiazole rings is 1. The first kappa shape index (κ1) is 43.0. The van der Waals surface area contributed by atoms with E-state index in [2.05, 4.69) is 15.5 Å². The fourth-order valence-electron chi connectivity index (χ4n) is 6.50. The Morgan fingerprint density at radius 3 is 2.44 bits per heavy atom. The topological polar surface area (TPSA) is 201 Å². The van der Waals surface area contributed by atoms with E-state index in [0.717, 1.165) is 20.6 Å². The summed E-state index contributed by atoms with van der Waals surface area (Å²) >= 11 is 1.51. The number of urea groups is 1. The SMILES string of the molecule is Cc1nc(CN2CCN([C@H](C(=O)N[C@@H](Cc3ccccc3)[C@H](O)CN(CC(C)C)S(=O)(=O)c3ccc(C=NOCc4ccc([N+](=O)[O-])cc4)o3)C(C)C)C2=O)cs1. The molecule has 3 amide bonds. The number of nitro groups is 1. The average molecular weight is 824 g/mol. The molecule has 1 fully saturated rings. The van der Waals surface area contributed by atoms with Gasteiger partial charge in [0.2, 0.25) is 11.0 Å². The molecule has 0 saturated carbocycles. The zero-order chi connectivity index (χ0) is 41.3. The third-order valence-corrected chi connectivity index (χ3v) is 11.8. The normalized spacial score (nSPS) is 15.2. The van der Waals surface area contributed by atoms with Crippen LogP contribution >= 0.6 is 11.3 Å². The molecular formula is C39H49N7O9S2. The summed E-state index contributed by atoms with van der Waals surface area (Å²) in [6.45, 7) is 10.1. The van der Waals surface area contributed by atoms with Crippen LogP contribution in [0.4, 0.5) is 10.5 Å². The number of non-ortho nitro benzene ring substituents is 1. The van der Waals surface area contributed by atoms with Gasteiger partial charge in [-0.2, -0.15) is 4.31 Å². The van der Waals surface area contributed by atoms with Gasteiger partial charge in [0.1, 0.15) is 24.6 Å². The number of aromatic nitrogens is 1. The number of carbonyl (C=O) groups excluding carboxylic acids is 2. The highest BCUT2D eigenvalue weighted by Gasteiger charge is 2.41. The number of nitrogens with zero attached hydrogens (tertiary/aromatic N) is 6. The van der Waals surface area contributed by atoms with Crippen molar-refractivity contribution in [3.63, 3.8) is 0 Å². The number of furan rings is 1. The minimum atomic E-state index is -4.30. The average Bonchev–Trinajstić information content (AvgIpc) is 3.91. The molecule has 3 atom stereocenters. The maximum Gasteiger partial charge on any atom is 0.321 e. The molecule has 0 spiro atoms. The van der Waals surface area contributed by atoms with E-state index in [1.165, 1.54) is 53.9 Å². The summed E-state index contributed by atoms with van der Waals surface area (Å²) in [6, 6.07) is 15.7. The van der Waals surface area contributed by atoms with Crippen molar-refractivity contribution in [1.82, 2.24) is 24.4 Å². The number of aryl methyl sites for hydroxylation is 1. The van der Waals surface area contributed by atoms with Crippen LogP contribution in [0.5, 0.6) is 0 Å². The standard InChI is InChI=1S/C39H49N7O9S2/c1-26(2)21-44(57(52,53)36-16-15-33(55-36)20-40-54-24-30-11-13-32(14-12-30)46(50)51)23-35(47)34(19-29-9-7-6-8-10-29)42-38(48)37(27(3)4)45-18-17-43(39(45)49)22-31-25-56-28(5)41-31/h6-16,20,25-27,34-35,37,47H,17-19,21-24H2,1-5H3,(H,42,48)/t34-,35+,37-/m0/s1. The molecule has 4 aromatic rings.